The van der Waals surface area contributed by atoms with Gasteiger partial charge in [-0.1, -0.05) is 161 Å². The molecule has 10 rings (SSSR count). The standard InChI is InChI=1S/C51H45B2NO2S/c1-31(2)34-25-38(32(3)4)50(39(26-34)33(5)6)53-41-22-14-16-24-48(41)57-49-30-45-42(29-43(49)53)52-40-21-13-15-23-44(40)55-46-27-37(28-47(56-45)51(46)52)54(35-17-9-7-10-18-35)36-19-11-8-12-20-36/h7-33H,1-6H3. The first kappa shape index (κ1) is 35.8. The van der Waals surface area contributed by atoms with Crippen LogP contribution in [0.4, 0.5) is 17.1 Å². The van der Waals surface area contributed by atoms with Gasteiger partial charge in [0, 0.05) is 38.8 Å². The first-order valence-electron chi connectivity index (χ1n) is 20.4. The van der Waals surface area contributed by atoms with E-state index in [1.807, 2.05) is 11.8 Å². The Morgan fingerprint density at radius 1 is 0.421 bits per heavy atom. The summed E-state index contributed by atoms with van der Waals surface area (Å²) in [5.74, 6) is 4.66. The molecule has 0 aromatic heterocycles. The molecule has 0 radical (unpaired) electrons. The number of rotatable bonds is 7. The maximum absolute atomic E-state index is 7.14. The Kier molecular flexibility index (Phi) is 8.86. The Bertz CT molecular complexity index is 2610. The molecule has 6 heteroatoms. The SMILES string of the molecule is CC(C)c1cc(C(C)C)c(B2c3ccccc3Sc3cc4c(cc32)B2c3ccccc3Oc3cc(N(c5ccccc5)c5ccccc5)cc(c32)O4)c(C(C)C)c1. The molecule has 0 atom stereocenters. The van der Waals surface area contributed by atoms with Gasteiger partial charge in [-0.15, -0.1) is 0 Å². The Balaban J connectivity index is 1.20. The minimum absolute atomic E-state index is 0.0507. The molecule has 7 aromatic rings. The number of hydrogen-bond donors (Lipinski definition) is 0. The summed E-state index contributed by atoms with van der Waals surface area (Å²) < 4.78 is 14.0. The van der Waals surface area contributed by atoms with E-state index in [0.29, 0.717) is 17.8 Å². The molecule has 0 saturated heterocycles. The zero-order valence-electron chi connectivity index (χ0n) is 33.4. The average Bonchev–Trinajstić information content (AvgIpc) is 3.22. The van der Waals surface area contributed by atoms with Crippen LogP contribution >= 0.6 is 11.8 Å². The van der Waals surface area contributed by atoms with Crippen molar-refractivity contribution in [1.82, 2.24) is 0 Å². The summed E-state index contributed by atoms with van der Waals surface area (Å²) in [5.41, 5.74) is 15.1. The summed E-state index contributed by atoms with van der Waals surface area (Å²) >= 11 is 1.87. The van der Waals surface area contributed by atoms with Crippen molar-refractivity contribution in [2.75, 3.05) is 4.90 Å². The molecule has 3 aliphatic rings. The third kappa shape index (κ3) is 6.00. The molecule has 7 aromatic carbocycles. The van der Waals surface area contributed by atoms with Gasteiger partial charge in [0.15, 0.2) is 0 Å². The summed E-state index contributed by atoms with van der Waals surface area (Å²) in [6, 6.07) is 52.9. The van der Waals surface area contributed by atoms with Crippen LogP contribution in [-0.2, 0) is 0 Å². The maximum atomic E-state index is 7.14. The van der Waals surface area contributed by atoms with Crippen LogP contribution in [0.1, 0.15) is 76.0 Å². The minimum Gasteiger partial charge on any atom is -0.458 e. The van der Waals surface area contributed by atoms with Crippen LogP contribution in [0, 0.1) is 0 Å². The third-order valence-electron chi connectivity index (χ3n) is 12.0. The number of fused-ring (bicyclic) bond motifs is 6. The number of para-hydroxylation sites is 3. The molecule has 57 heavy (non-hydrogen) atoms. The van der Waals surface area contributed by atoms with E-state index in [1.54, 1.807) is 0 Å². The highest BCUT2D eigenvalue weighted by Crippen LogP contribution is 2.43. The second-order valence-electron chi connectivity index (χ2n) is 16.6. The lowest BCUT2D eigenvalue weighted by Crippen LogP contribution is -2.61. The lowest BCUT2D eigenvalue weighted by atomic mass is 9.31. The molecule has 0 amide bonds. The molecule has 3 aliphatic heterocycles. The summed E-state index contributed by atoms with van der Waals surface area (Å²) in [7, 11) is 0. The van der Waals surface area contributed by atoms with E-state index >= 15 is 0 Å². The van der Waals surface area contributed by atoms with Gasteiger partial charge in [-0.25, -0.2) is 0 Å². The van der Waals surface area contributed by atoms with E-state index in [9.17, 15) is 0 Å². The fraction of sp³-hybridized carbons (Fsp3) is 0.176. The van der Waals surface area contributed by atoms with Gasteiger partial charge in [0.1, 0.15) is 23.0 Å². The zero-order valence-corrected chi connectivity index (χ0v) is 34.2. The van der Waals surface area contributed by atoms with Gasteiger partial charge >= 0.3 is 0 Å². The molecule has 0 bridgehead atoms. The van der Waals surface area contributed by atoms with Crippen molar-refractivity contribution in [2.45, 2.75) is 69.1 Å². The van der Waals surface area contributed by atoms with Gasteiger partial charge in [0.25, 0.3) is 6.71 Å². The lowest BCUT2D eigenvalue weighted by molar-refractivity contribution is 0.464. The topological polar surface area (TPSA) is 21.7 Å². The number of nitrogens with zero attached hydrogens (tertiary/aromatic N) is 1. The van der Waals surface area contributed by atoms with Gasteiger partial charge in [0.2, 0.25) is 6.71 Å². The Morgan fingerprint density at radius 2 is 0.965 bits per heavy atom. The van der Waals surface area contributed by atoms with Crippen LogP contribution in [0.15, 0.2) is 155 Å². The second kappa shape index (κ2) is 14.1. The molecule has 0 N–H and O–H groups in total. The van der Waals surface area contributed by atoms with E-state index in [-0.39, 0.29) is 13.4 Å². The van der Waals surface area contributed by atoms with Gasteiger partial charge < -0.3 is 14.4 Å². The van der Waals surface area contributed by atoms with Crippen molar-refractivity contribution in [3.05, 3.63) is 162 Å². The van der Waals surface area contributed by atoms with Crippen molar-refractivity contribution >= 4 is 75.0 Å². The predicted molar refractivity (Wildman–Crippen MR) is 243 cm³/mol. The Hall–Kier alpha value is -5.58. The minimum atomic E-state index is -0.0507. The van der Waals surface area contributed by atoms with E-state index in [2.05, 4.69) is 192 Å². The largest absolute Gasteiger partial charge is 0.458 e. The first-order chi connectivity index (χ1) is 27.7. The summed E-state index contributed by atoms with van der Waals surface area (Å²) in [6.45, 7) is 14.1. The van der Waals surface area contributed by atoms with Crippen LogP contribution in [0.2, 0.25) is 0 Å². The Morgan fingerprint density at radius 3 is 1.58 bits per heavy atom. The predicted octanol–water partition coefficient (Wildman–Crippen LogP) is 10.2. The molecule has 0 saturated carbocycles. The van der Waals surface area contributed by atoms with Crippen molar-refractivity contribution in [3.63, 3.8) is 0 Å². The third-order valence-corrected chi connectivity index (χ3v) is 13.2. The van der Waals surface area contributed by atoms with Crippen LogP contribution in [0.5, 0.6) is 23.0 Å². The molecule has 3 nitrogen and oxygen atoms in total. The van der Waals surface area contributed by atoms with Crippen LogP contribution in [0.25, 0.3) is 0 Å². The Labute approximate surface area is 342 Å². The van der Waals surface area contributed by atoms with Gasteiger partial charge in [-0.3, -0.25) is 0 Å². The number of benzene rings is 7. The molecule has 3 heterocycles. The van der Waals surface area contributed by atoms with Gasteiger partial charge in [0.05, 0.1) is 5.69 Å². The zero-order chi connectivity index (χ0) is 38.9. The van der Waals surface area contributed by atoms with Crippen molar-refractivity contribution in [3.8, 4) is 23.0 Å². The highest BCUT2D eigenvalue weighted by molar-refractivity contribution is 8.00. The summed E-state index contributed by atoms with van der Waals surface area (Å²) in [4.78, 5) is 4.85. The van der Waals surface area contributed by atoms with E-state index in [4.69, 9.17) is 9.47 Å². The molecular formula is C51H45B2NO2S. The normalized spacial score (nSPS) is 13.4. The van der Waals surface area contributed by atoms with E-state index in [0.717, 1.165) is 45.5 Å². The number of hydrogen-bond acceptors (Lipinski definition) is 4. The van der Waals surface area contributed by atoms with E-state index < -0.39 is 0 Å². The number of ether oxygens (including phenoxy) is 2. The van der Waals surface area contributed by atoms with Crippen LogP contribution in [-0.4, -0.2) is 13.4 Å². The van der Waals surface area contributed by atoms with Gasteiger partial charge in [-0.2, -0.15) is 0 Å². The highest BCUT2D eigenvalue weighted by Gasteiger charge is 2.43. The first-order valence-corrected chi connectivity index (χ1v) is 21.2. The summed E-state index contributed by atoms with van der Waals surface area (Å²) in [5, 5.41) is 0. The lowest BCUT2D eigenvalue weighted by Gasteiger charge is -2.37. The van der Waals surface area contributed by atoms with Gasteiger partial charge in [-0.05, 0) is 87.8 Å². The van der Waals surface area contributed by atoms with Crippen LogP contribution < -0.4 is 47.2 Å². The number of anilines is 3. The van der Waals surface area contributed by atoms with Crippen molar-refractivity contribution in [2.24, 2.45) is 0 Å². The average molecular weight is 758 g/mol. The van der Waals surface area contributed by atoms with Crippen LogP contribution in [0.3, 0.4) is 0 Å². The fourth-order valence-electron chi connectivity index (χ4n) is 9.28. The molecule has 0 unspecified atom stereocenters. The molecule has 278 valence electrons. The second-order valence-corrected chi connectivity index (χ2v) is 17.7. The van der Waals surface area contributed by atoms with Crippen molar-refractivity contribution < 1.29 is 9.47 Å². The molecule has 0 spiro atoms. The smallest absolute Gasteiger partial charge is 0.260 e. The maximum Gasteiger partial charge on any atom is 0.260 e. The molecule has 0 aliphatic carbocycles. The highest BCUT2D eigenvalue weighted by atomic mass is 32.2. The van der Waals surface area contributed by atoms with E-state index in [1.165, 1.54) is 53.8 Å². The van der Waals surface area contributed by atoms with Crippen molar-refractivity contribution in [1.29, 1.82) is 0 Å². The monoisotopic (exact) mass is 757 g/mol. The summed E-state index contributed by atoms with van der Waals surface area (Å²) in [6.07, 6.45) is 0. The fourth-order valence-corrected chi connectivity index (χ4v) is 10.4. The molecule has 0 fully saturated rings. The molecular weight excluding hydrogens is 712 g/mol. The quantitative estimate of drug-likeness (QED) is 0.151.